The highest BCUT2D eigenvalue weighted by atomic mass is 32.1. The van der Waals surface area contributed by atoms with Crippen molar-refractivity contribution in [3.05, 3.63) is 28.0 Å². The van der Waals surface area contributed by atoms with Crippen molar-refractivity contribution in [2.24, 2.45) is 0 Å². The van der Waals surface area contributed by atoms with Crippen LogP contribution in [-0.2, 0) is 9.53 Å². The predicted molar refractivity (Wildman–Crippen MR) is 96.0 cm³/mol. The fourth-order valence-corrected chi connectivity index (χ4v) is 3.07. The molecule has 0 unspecified atom stereocenters. The van der Waals surface area contributed by atoms with Gasteiger partial charge in [0, 0.05) is 24.4 Å². The number of hydrogen-bond donors (Lipinski definition) is 2. The second kappa shape index (κ2) is 8.52. The van der Waals surface area contributed by atoms with Crippen LogP contribution in [0.3, 0.4) is 0 Å². The molecule has 0 atom stereocenters. The molecule has 0 spiro atoms. The van der Waals surface area contributed by atoms with Gasteiger partial charge in [0.25, 0.3) is 0 Å². The van der Waals surface area contributed by atoms with E-state index in [1.54, 1.807) is 6.92 Å². The lowest BCUT2D eigenvalue weighted by Gasteiger charge is -2.06. The van der Waals surface area contributed by atoms with E-state index in [-0.39, 0.29) is 5.91 Å². The normalized spacial score (nSPS) is 10.4. The van der Waals surface area contributed by atoms with Crippen LogP contribution in [-0.4, -0.2) is 40.5 Å². The summed E-state index contributed by atoms with van der Waals surface area (Å²) in [5.74, 6) is -0.0439. The standard InChI is InChI=1S/C16H21N5O3S/c1-9-8-10(2)19-15(18-9)17-7-5-6-12(22)21-16-20-11(3)13(25-16)14(23)24-4/h8H,5-7H2,1-4H3,(H,17,18,19)(H,20,21,22). The van der Waals surface area contributed by atoms with Gasteiger partial charge >= 0.3 is 5.97 Å². The van der Waals surface area contributed by atoms with Crippen molar-refractivity contribution in [3.8, 4) is 0 Å². The van der Waals surface area contributed by atoms with Gasteiger partial charge in [-0.2, -0.15) is 0 Å². The molecular formula is C16H21N5O3S. The topological polar surface area (TPSA) is 106 Å². The number of aryl methyl sites for hydroxylation is 3. The smallest absolute Gasteiger partial charge is 0.350 e. The van der Waals surface area contributed by atoms with Gasteiger partial charge in [-0.05, 0) is 33.3 Å². The molecule has 2 aromatic heterocycles. The Balaban J connectivity index is 1.78. The number of esters is 1. The molecule has 2 N–H and O–H groups in total. The van der Waals surface area contributed by atoms with Gasteiger partial charge in [0.15, 0.2) is 5.13 Å². The number of hydrogen-bond acceptors (Lipinski definition) is 8. The summed E-state index contributed by atoms with van der Waals surface area (Å²) in [4.78, 5) is 36.6. The van der Waals surface area contributed by atoms with E-state index in [4.69, 9.17) is 0 Å². The minimum Gasteiger partial charge on any atom is -0.465 e. The van der Waals surface area contributed by atoms with E-state index in [1.807, 2.05) is 19.9 Å². The van der Waals surface area contributed by atoms with Crippen LogP contribution in [0.5, 0.6) is 0 Å². The molecule has 0 bridgehead atoms. The molecule has 2 heterocycles. The first-order valence-electron chi connectivity index (χ1n) is 7.80. The Hall–Kier alpha value is -2.55. The van der Waals surface area contributed by atoms with Crippen molar-refractivity contribution in [2.45, 2.75) is 33.6 Å². The fraction of sp³-hybridized carbons (Fsp3) is 0.438. The van der Waals surface area contributed by atoms with Gasteiger partial charge in [0.05, 0.1) is 12.8 Å². The van der Waals surface area contributed by atoms with E-state index in [9.17, 15) is 9.59 Å². The molecule has 8 nitrogen and oxygen atoms in total. The number of ether oxygens (including phenoxy) is 1. The molecule has 9 heteroatoms. The molecule has 0 aliphatic carbocycles. The maximum atomic E-state index is 12.0. The minimum atomic E-state index is -0.451. The van der Waals surface area contributed by atoms with Crippen LogP contribution in [0.4, 0.5) is 11.1 Å². The third-order valence-corrected chi connectivity index (χ3v) is 4.31. The zero-order valence-corrected chi connectivity index (χ0v) is 15.5. The highest BCUT2D eigenvalue weighted by Gasteiger charge is 2.16. The van der Waals surface area contributed by atoms with Gasteiger partial charge in [-0.25, -0.2) is 19.7 Å². The SMILES string of the molecule is COC(=O)c1sc(NC(=O)CCCNc2nc(C)cc(C)n2)nc1C. The Morgan fingerprint density at radius 1 is 1.16 bits per heavy atom. The summed E-state index contributed by atoms with van der Waals surface area (Å²) in [6.45, 7) is 6.10. The van der Waals surface area contributed by atoms with Crippen molar-refractivity contribution in [2.75, 3.05) is 24.3 Å². The fourth-order valence-electron chi connectivity index (χ4n) is 2.17. The van der Waals surface area contributed by atoms with Crippen molar-refractivity contribution in [1.82, 2.24) is 15.0 Å². The number of carbonyl (C=O) groups is 2. The molecule has 25 heavy (non-hydrogen) atoms. The number of rotatable bonds is 7. The lowest BCUT2D eigenvalue weighted by Crippen LogP contribution is -2.14. The summed E-state index contributed by atoms with van der Waals surface area (Å²) in [5.41, 5.74) is 2.34. The van der Waals surface area contributed by atoms with Crippen LogP contribution in [0.25, 0.3) is 0 Å². The molecule has 2 aromatic rings. The second-order valence-electron chi connectivity index (χ2n) is 5.48. The zero-order valence-electron chi connectivity index (χ0n) is 14.7. The number of nitrogens with zero attached hydrogens (tertiary/aromatic N) is 3. The third-order valence-electron chi connectivity index (χ3n) is 3.26. The molecule has 0 radical (unpaired) electrons. The van der Waals surface area contributed by atoms with Gasteiger partial charge in [0.2, 0.25) is 11.9 Å². The summed E-state index contributed by atoms with van der Waals surface area (Å²) in [6.07, 6.45) is 0.945. The van der Waals surface area contributed by atoms with E-state index >= 15 is 0 Å². The number of nitrogens with one attached hydrogen (secondary N) is 2. The van der Waals surface area contributed by atoms with Crippen LogP contribution >= 0.6 is 11.3 Å². The largest absolute Gasteiger partial charge is 0.465 e. The van der Waals surface area contributed by atoms with Crippen molar-refractivity contribution >= 4 is 34.3 Å². The average Bonchev–Trinajstić information content (AvgIpc) is 2.90. The first kappa shape index (κ1) is 18.8. The summed E-state index contributed by atoms with van der Waals surface area (Å²) >= 11 is 1.11. The molecule has 2 rings (SSSR count). The Morgan fingerprint density at radius 3 is 2.48 bits per heavy atom. The minimum absolute atomic E-state index is 0.159. The molecule has 134 valence electrons. The van der Waals surface area contributed by atoms with Crippen molar-refractivity contribution in [1.29, 1.82) is 0 Å². The van der Waals surface area contributed by atoms with Crippen molar-refractivity contribution in [3.63, 3.8) is 0 Å². The number of methoxy groups -OCH3 is 1. The predicted octanol–water partition coefficient (Wildman–Crippen LogP) is 2.48. The molecule has 0 fully saturated rings. The molecule has 0 aromatic carbocycles. The number of anilines is 2. The maximum Gasteiger partial charge on any atom is 0.350 e. The first-order valence-corrected chi connectivity index (χ1v) is 8.62. The van der Waals surface area contributed by atoms with E-state index in [1.165, 1.54) is 7.11 Å². The lowest BCUT2D eigenvalue weighted by molar-refractivity contribution is -0.116. The Kier molecular flexibility index (Phi) is 6.40. The number of aromatic nitrogens is 3. The van der Waals surface area contributed by atoms with E-state index < -0.39 is 5.97 Å². The van der Waals surface area contributed by atoms with Crippen LogP contribution in [0.2, 0.25) is 0 Å². The monoisotopic (exact) mass is 363 g/mol. The molecular weight excluding hydrogens is 342 g/mol. The second-order valence-corrected chi connectivity index (χ2v) is 6.48. The van der Waals surface area contributed by atoms with Gasteiger partial charge in [0.1, 0.15) is 4.88 Å². The highest BCUT2D eigenvalue weighted by molar-refractivity contribution is 7.17. The molecule has 0 saturated heterocycles. The van der Waals surface area contributed by atoms with Crippen molar-refractivity contribution < 1.29 is 14.3 Å². The van der Waals surface area contributed by atoms with Gasteiger partial charge in [-0.1, -0.05) is 11.3 Å². The molecule has 0 saturated carbocycles. The van der Waals surface area contributed by atoms with Crippen LogP contribution in [0.1, 0.15) is 39.6 Å². The van der Waals surface area contributed by atoms with Gasteiger partial charge in [-0.3, -0.25) is 4.79 Å². The summed E-state index contributed by atoms with van der Waals surface area (Å²) < 4.78 is 4.67. The Bertz CT molecular complexity index is 755. The van der Waals surface area contributed by atoms with Crippen LogP contribution in [0.15, 0.2) is 6.07 Å². The van der Waals surface area contributed by atoms with Crippen LogP contribution in [0, 0.1) is 20.8 Å². The molecule has 1 amide bonds. The van der Waals surface area contributed by atoms with E-state index in [2.05, 4.69) is 30.3 Å². The average molecular weight is 363 g/mol. The summed E-state index contributed by atoms with van der Waals surface area (Å²) in [6, 6.07) is 1.90. The molecule has 0 aliphatic rings. The highest BCUT2D eigenvalue weighted by Crippen LogP contribution is 2.23. The van der Waals surface area contributed by atoms with Crippen LogP contribution < -0.4 is 10.6 Å². The Labute approximate surface area is 150 Å². The van der Waals surface area contributed by atoms with Gasteiger partial charge < -0.3 is 15.4 Å². The zero-order chi connectivity index (χ0) is 18.4. The summed E-state index contributed by atoms with van der Waals surface area (Å²) in [5, 5.41) is 6.20. The quantitative estimate of drug-likeness (QED) is 0.575. The molecule has 0 aliphatic heterocycles. The Morgan fingerprint density at radius 2 is 1.84 bits per heavy atom. The lowest BCUT2D eigenvalue weighted by atomic mass is 10.3. The van der Waals surface area contributed by atoms with E-state index in [0.29, 0.717) is 41.0 Å². The number of carbonyl (C=O) groups excluding carboxylic acids is 2. The number of amides is 1. The van der Waals surface area contributed by atoms with E-state index in [0.717, 1.165) is 22.7 Å². The summed E-state index contributed by atoms with van der Waals surface area (Å²) in [7, 11) is 1.31. The van der Waals surface area contributed by atoms with Gasteiger partial charge in [-0.15, -0.1) is 0 Å². The number of thiazole rings is 1. The maximum absolute atomic E-state index is 12.0. The third kappa shape index (κ3) is 5.49. The first-order chi connectivity index (χ1) is 11.9.